The fourth-order valence-corrected chi connectivity index (χ4v) is 1.54. The minimum atomic E-state index is -1.41. The minimum absolute atomic E-state index is 0.136. The number of hydrogen-bond acceptors (Lipinski definition) is 4. The van der Waals surface area contributed by atoms with Gasteiger partial charge in [0.05, 0.1) is 16.0 Å². The maximum absolute atomic E-state index is 13.2. The summed E-state index contributed by atoms with van der Waals surface area (Å²) < 4.78 is 13.2. The highest BCUT2D eigenvalue weighted by Crippen LogP contribution is 2.33. The van der Waals surface area contributed by atoms with E-state index in [-0.39, 0.29) is 17.1 Å². The summed E-state index contributed by atoms with van der Waals surface area (Å²) in [4.78, 5) is 21.2. The van der Waals surface area contributed by atoms with Gasteiger partial charge in [-0.15, -0.1) is 0 Å². The summed E-state index contributed by atoms with van der Waals surface area (Å²) in [6.45, 7) is 2.98. The van der Waals surface area contributed by atoms with Crippen LogP contribution >= 0.6 is 11.6 Å². The summed E-state index contributed by atoms with van der Waals surface area (Å²) in [6.07, 6.45) is 0.175. The Bertz CT molecular complexity index is 538. The van der Waals surface area contributed by atoms with Crippen LogP contribution in [0.2, 0.25) is 5.02 Å². The Balaban J connectivity index is 3.30. The van der Waals surface area contributed by atoms with Crippen molar-refractivity contribution in [3.8, 4) is 0 Å². The number of nitro groups is 1. The van der Waals surface area contributed by atoms with Crippen LogP contribution in [0, 0.1) is 15.9 Å². The van der Waals surface area contributed by atoms with Crippen molar-refractivity contribution >= 4 is 28.9 Å². The Kier molecular flexibility index (Phi) is 4.31. The van der Waals surface area contributed by atoms with Crippen LogP contribution in [0.25, 0.3) is 0 Å². The van der Waals surface area contributed by atoms with E-state index in [4.69, 9.17) is 16.7 Å². The summed E-state index contributed by atoms with van der Waals surface area (Å²) in [5, 5.41) is 22.2. The maximum Gasteiger partial charge on any atom is 0.329 e. The lowest BCUT2D eigenvalue weighted by Crippen LogP contribution is -2.42. The third-order valence-corrected chi connectivity index (χ3v) is 3.11. The van der Waals surface area contributed by atoms with Crippen LogP contribution in [0.4, 0.5) is 15.8 Å². The first-order valence-electron chi connectivity index (χ1n) is 5.36. The largest absolute Gasteiger partial charge is 0.480 e. The number of carboxylic acid groups (broad SMARTS) is 1. The summed E-state index contributed by atoms with van der Waals surface area (Å²) in [5.41, 5.74) is -2.11. The third-order valence-electron chi connectivity index (χ3n) is 2.82. The SMILES string of the molecule is CCC(C)(Nc1cc(Cl)c(F)cc1[N+](=O)[O-])C(=O)O. The van der Waals surface area contributed by atoms with E-state index < -0.39 is 27.9 Å². The van der Waals surface area contributed by atoms with E-state index in [0.717, 1.165) is 6.07 Å². The average Bonchev–Trinajstić information content (AvgIpc) is 2.32. The Labute approximate surface area is 113 Å². The van der Waals surface area contributed by atoms with Crippen LogP contribution in [-0.2, 0) is 4.79 Å². The van der Waals surface area contributed by atoms with Crippen molar-refractivity contribution in [3.05, 3.63) is 33.1 Å². The molecule has 0 aliphatic carbocycles. The standard InChI is InChI=1S/C11H12ClFN2O4/c1-3-11(2,10(16)17)14-8-4-6(12)7(13)5-9(8)15(18)19/h4-5,14H,3H2,1-2H3,(H,16,17). The highest BCUT2D eigenvalue weighted by Gasteiger charge is 2.33. The lowest BCUT2D eigenvalue weighted by Gasteiger charge is -2.25. The second-order valence-corrected chi connectivity index (χ2v) is 4.56. The molecule has 0 amide bonds. The van der Waals surface area contributed by atoms with Crippen LogP contribution in [0.1, 0.15) is 20.3 Å². The molecule has 8 heteroatoms. The first-order chi connectivity index (χ1) is 8.71. The number of hydrogen-bond donors (Lipinski definition) is 2. The maximum atomic E-state index is 13.2. The normalized spacial score (nSPS) is 13.7. The quantitative estimate of drug-likeness (QED) is 0.642. The molecule has 0 heterocycles. The highest BCUT2D eigenvalue weighted by molar-refractivity contribution is 6.31. The molecule has 1 atom stereocenters. The molecule has 6 nitrogen and oxygen atoms in total. The lowest BCUT2D eigenvalue weighted by atomic mass is 9.98. The Hall–Kier alpha value is -1.89. The smallest absolute Gasteiger partial charge is 0.329 e. The van der Waals surface area contributed by atoms with E-state index in [0.29, 0.717) is 6.07 Å². The molecule has 0 spiro atoms. The van der Waals surface area contributed by atoms with Gasteiger partial charge in [0.15, 0.2) is 0 Å². The summed E-state index contributed by atoms with van der Waals surface area (Å²) >= 11 is 5.56. The fourth-order valence-electron chi connectivity index (χ4n) is 1.38. The molecule has 0 saturated heterocycles. The number of rotatable bonds is 5. The third kappa shape index (κ3) is 3.11. The number of nitrogens with zero attached hydrogens (tertiary/aromatic N) is 1. The molecule has 0 bridgehead atoms. The topological polar surface area (TPSA) is 92.5 Å². The van der Waals surface area contributed by atoms with Crippen molar-refractivity contribution in [2.45, 2.75) is 25.8 Å². The molecule has 0 aliphatic heterocycles. The number of benzene rings is 1. The van der Waals surface area contributed by atoms with Gasteiger partial charge in [0.2, 0.25) is 0 Å². The molecule has 1 aromatic carbocycles. The van der Waals surface area contributed by atoms with E-state index in [1.54, 1.807) is 6.92 Å². The van der Waals surface area contributed by atoms with Gasteiger partial charge in [-0.1, -0.05) is 18.5 Å². The van der Waals surface area contributed by atoms with Gasteiger partial charge in [-0.2, -0.15) is 0 Å². The fraction of sp³-hybridized carbons (Fsp3) is 0.364. The second kappa shape index (κ2) is 5.40. The van der Waals surface area contributed by atoms with Gasteiger partial charge in [0, 0.05) is 0 Å². The van der Waals surface area contributed by atoms with Gasteiger partial charge in [-0.25, -0.2) is 9.18 Å². The summed E-state index contributed by atoms with van der Waals surface area (Å²) in [5.74, 6) is -2.11. The number of halogens is 2. The zero-order valence-corrected chi connectivity index (χ0v) is 11.0. The van der Waals surface area contributed by atoms with Crippen LogP contribution in [0.5, 0.6) is 0 Å². The van der Waals surface area contributed by atoms with E-state index >= 15 is 0 Å². The van der Waals surface area contributed by atoms with E-state index in [9.17, 15) is 19.3 Å². The van der Waals surface area contributed by atoms with Crippen molar-refractivity contribution in [2.75, 3.05) is 5.32 Å². The molecule has 0 saturated carbocycles. The molecule has 0 aliphatic rings. The summed E-state index contributed by atoms with van der Waals surface area (Å²) in [7, 11) is 0. The van der Waals surface area contributed by atoms with E-state index in [1.165, 1.54) is 6.92 Å². The predicted molar refractivity (Wildman–Crippen MR) is 68.0 cm³/mol. The average molecular weight is 291 g/mol. The molecule has 19 heavy (non-hydrogen) atoms. The molecule has 1 unspecified atom stereocenters. The van der Waals surface area contributed by atoms with Crippen molar-refractivity contribution in [1.29, 1.82) is 0 Å². The number of nitro benzene ring substituents is 1. The van der Waals surface area contributed by atoms with Crippen LogP contribution < -0.4 is 5.32 Å². The van der Waals surface area contributed by atoms with Gasteiger partial charge in [0.25, 0.3) is 5.69 Å². The molecule has 0 aromatic heterocycles. The lowest BCUT2D eigenvalue weighted by molar-refractivity contribution is -0.384. The summed E-state index contributed by atoms with van der Waals surface area (Å²) in [6, 6.07) is 1.66. The zero-order chi connectivity index (χ0) is 14.8. The molecule has 0 radical (unpaired) electrons. The first-order valence-corrected chi connectivity index (χ1v) is 5.74. The number of aliphatic carboxylic acids is 1. The monoisotopic (exact) mass is 290 g/mol. The number of anilines is 1. The van der Waals surface area contributed by atoms with Crippen LogP contribution in [0.15, 0.2) is 12.1 Å². The zero-order valence-electron chi connectivity index (χ0n) is 10.2. The van der Waals surface area contributed by atoms with Crippen molar-refractivity contribution in [1.82, 2.24) is 0 Å². The van der Waals surface area contributed by atoms with E-state index in [2.05, 4.69) is 5.32 Å². The van der Waals surface area contributed by atoms with Gasteiger partial charge < -0.3 is 10.4 Å². The number of carbonyl (C=O) groups is 1. The molecular weight excluding hydrogens is 279 g/mol. The predicted octanol–water partition coefficient (Wildman–Crippen LogP) is 3.05. The van der Waals surface area contributed by atoms with Gasteiger partial charge in [-0.3, -0.25) is 10.1 Å². The second-order valence-electron chi connectivity index (χ2n) is 4.16. The molecule has 1 aromatic rings. The van der Waals surface area contributed by atoms with Gasteiger partial charge >= 0.3 is 5.97 Å². The van der Waals surface area contributed by atoms with Crippen molar-refractivity contribution < 1.29 is 19.2 Å². The number of nitrogens with one attached hydrogen (secondary N) is 1. The molecular formula is C11H12ClFN2O4. The van der Waals surface area contributed by atoms with Gasteiger partial charge in [0.1, 0.15) is 17.0 Å². The van der Waals surface area contributed by atoms with Crippen LogP contribution in [-0.4, -0.2) is 21.5 Å². The molecule has 104 valence electrons. The van der Waals surface area contributed by atoms with Crippen molar-refractivity contribution in [2.24, 2.45) is 0 Å². The van der Waals surface area contributed by atoms with Crippen molar-refractivity contribution in [3.63, 3.8) is 0 Å². The Morgan fingerprint density at radius 2 is 2.21 bits per heavy atom. The molecule has 1 rings (SSSR count). The highest BCUT2D eigenvalue weighted by atomic mass is 35.5. The Morgan fingerprint density at radius 3 is 2.63 bits per heavy atom. The number of carboxylic acids is 1. The van der Waals surface area contributed by atoms with E-state index in [1.807, 2.05) is 0 Å². The van der Waals surface area contributed by atoms with Gasteiger partial charge in [-0.05, 0) is 19.4 Å². The minimum Gasteiger partial charge on any atom is -0.480 e. The molecule has 0 fully saturated rings. The Morgan fingerprint density at radius 1 is 1.63 bits per heavy atom. The molecule has 2 N–H and O–H groups in total. The van der Waals surface area contributed by atoms with Crippen LogP contribution in [0.3, 0.4) is 0 Å². The first kappa shape index (κ1) is 15.2.